The van der Waals surface area contributed by atoms with E-state index < -0.39 is 0 Å². The topological polar surface area (TPSA) is 88.2 Å². The predicted molar refractivity (Wildman–Crippen MR) is 122 cm³/mol. The fourth-order valence-electron chi connectivity index (χ4n) is 3.74. The zero-order valence-corrected chi connectivity index (χ0v) is 17.9. The fraction of sp³-hybridized carbons (Fsp3) is 0.280. The fourth-order valence-corrected chi connectivity index (χ4v) is 3.74. The Kier molecular flexibility index (Phi) is 6.75. The first-order valence-electron chi connectivity index (χ1n) is 10.8. The van der Waals surface area contributed by atoms with Gasteiger partial charge in [0.25, 0.3) is 5.56 Å². The first-order chi connectivity index (χ1) is 15.6. The maximum Gasteiger partial charge on any atom is 0.273 e. The summed E-state index contributed by atoms with van der Waals surface area (Å²) in [7, 11) is 0. The minimum Gasteiger partial charge on any atom is -0.493 e. The van der Waals surface area contributed by atoms with Gasteiger partial charge >= 0.3 is 0 Å². The molecule has 0 saturated heterocycles. The summed E-state index contributed by atoms with van der Waals surface area (Å²) in [5, 5.41) is 8.26. The first kappa shape index (κ1) is 21.5. The highest BCUT2D eigenvalue weighted by atomic mass is 16.5. The van der Waals surface area contributed by atoms with Gasteiger partial charge in [0, 0.05) is 31.5 Å². The Labute approximate surface area is 186 Å². The standard InChI is InChI=1S/C25H26N4O3/c1-2-3-15-32-21-10-6-9-19(16-21)24-26-25(31)22(27-28-24)11-12-23(30)29-14-13-18-7-4-5-8-20(18)17-29/h2,4-10,16H,1,3,11-15,17H2,(H,26,28,31). The van der Waals surface area contributed by atoms with E-state index in [0.29, 0.717) is 36.8 Å². The predicted octanol–water partition coefficient (Wildman–Crippen LogP) is 3.30. The molecular formula is C25H26N4O3. The molecule has 32 heavy (non-hydrogen) atoms. The quantitative estimate of drug-likeness (QED) is 0.438. The van der Waals surface area contributed by atoms with Crippen LogP contribution in [0.15, 0.2) is 66.0 Å². The lowest BCUT2D eigenvalue weighted by molar-refractivity contribution is -0.132. The highest BCUT2D eigenvalue weighted by Gasteiger charge is 2.20. The average Bonchev–Trinajstić information content (AvgIpc) is 2.83. The van der Waals surface area contributed by atoms with Gasteiger partial charge in [0.15, 0.2) is 5.82 Å². The van der Waals surface area contributed by atoms with Crippen LogP contribution in [0.5, 0.6) is 5.75 Å². The molecule has 0 radical (unpaired) electrons. The number of H-pyrrole nitrogens is 1. The second kappa shape index (κ2) is 10.0. The van der Waals surface area contributed by atoms with E-state index in [4.69, 9.17) is 4.74 Å². The Morgan fingerprint density at radius 1 is 1.16 bits per heavy atom. The molecule has 0 spiro atoms. The molecule has 0 aliphatic carbocycles. The van der Waals surface area contributed by atoms with Crippen molar-refractivity contribution in [3.63, 3.8) is 0 Å². The number of nitrogens with one attached hydrogen (secondary N) is 1. The van der Waals surface area contributed by atoms with Crippen molar-refractivity contribution in [1.29, 1.82) is 0 Å². The molecule has 4 rings (SSSR count). The van der Waals surface area contributed by atoms with Crippen LogP contribution in [0.4, 0.5) is 0 Å². The van der Waals surface area contributed by atoms with Gasteiger partial charge in [-0.15, -0.1) is 16.8 Å². The Morgan fingerprint density at radius 2 is 2.00 bits per heavy atom. The SMILES string of the molecule is C=CCCOc1cccc(-c2nnc(CCC(=O)N3CCc4ccccc4C3)c(=O)[nH]2)c1. The van der Waals surface area contributed by atoms with E-state index in [9.17, 15) is 9.59 Å². The van der Waals surface area contributed by atoms with Crippen molar-refractivity contribution < 1.29 is 9.53 Å². The van der Waals surface area contributed by atoms with Gasteiger partial charge in [-0.1, -0.05) is 42.5 Å². The number of fused-ring (bicyclic) bond motifs is 1. The van der Waals surface area contributed by atoms with Crippen molar-refractivity contribution >= 4 is 5.91 Å². The van der Waals surface area contributed by atoms with Crippen molar-refractivity contribution in [3.8, 4) is 17.1 Å². The largest absolute Gasteiger partial charge is 0.493 e. The summed E-state index contributed by atoms with van der Waals surface area (Å²) >= 11 is 0. The summed E-state index contributed by atoms with van der Waals surface area (Å²) < 4.78 is 5.65. The monoisotopic (exact) mass is 430 g/mol. The molecule has 1 amide bonds. The normalized spacial score (nSPS) is 12.8. The van der Waals surface area contributed by atoms with Crippen LogP contribution in [0.25, 0.3) is 11.4 Å². The van der Waals surface area contributed by atoms with Crippen LogP contribution in [0.2, 0.25) is 0 Å². The van der Waals surface area contributed by atoms with Crippen molar-refractivity contribution in [1.82, 2.24) is 20.1 Å². The van der Waals surface area contributed by atoms with Crippen LogP contribution in [-0.2, 0) is 24.2 Å². The molecule has 1 N–H and O–H groups in total. The summed E-state index contributed by atoms with van der Waals surface area (Å²) in [5.41, 5.74) is 3.12. The summed E-state index contributed by atoms with van der Waals surface area (Å²) in [6, 6.07) is 15.5. The van der Waals surface area contributed by atoms with Gasteiger partial charge in [0.1, 0.15) is 11.4 Å². The number of carbonyl (C=O) groups is 1. The maximum absolute atomic E-state index is 12.7. The molecule has 1 aliphatic rings. The molecule has 1 aliphatic heterocycles. The van der Waals surface area contributed by atoms with Crippen LogP contribution in [0.1, 0.15) is 29.7 Å². The summed E-state index contributed by atoms with van der Waals surface area (Å²) in [6.07, 6.45) is 3.88. The van der Waals surface area contributed by atoms with Gasteiger partial charge in [-0.05, 0) is 36.1 Å². The Morgan fingerprint density at radius 3 is 2.81 bits per heavy atom. The number of aromatic amines is 1. The zero-order valence-electron chi connectivity index (χ0n) is 17.9. The van der Waals surface area contributed by atoms with Gasteiger partial charge in [-0.25, -0.2) is 0 Å². The second-order valence-electron chi connectivity index (χ2n) is 7.74. The summed E-state index contributed by atoms with van der Waals surface area (Å²) in [6.45, 7) is 5.52. The van der Waals surface area contributed by atoms with E-state index in [0.717, 1.165) is 12.8 Å². The Hall–Kier alpha value is -3.74. The van der Waals surface area contributed by atoms with Crippen molar-refractivity contribution in [2.24, 2.45) is 0 Å². The van der Waals surface area contributed by atoms with E-state index in [1.165, 1.54) is 11.1 Å². The number of ether oxygens (including phenoxy) is 1. The van der Waals surface area contributed by atoms with E-state index in [-0.39, 0.29) is 30.0 Å². The number of hydrogen-bond acceptors (Lipinski definition) is 5. The van der Waals surface area contributed by atoms with Gasteiger partial charge in [0.2, 0.25) is 5.91 Å². The van der Waals surface area contributed by atoms with E-state index in [2.05, 4.69) is 33.9 Å². The molecule has 0 saturated carbocycles. The first-order valence-corrected chi connectivity index (χ1v) is 10.8. The molecule has 7 nitrogen and oxygen atoms in total. The van der Waals surface area contributed by atoms with Gasteiger partial charge in [-0.2, -0.15) is 0 Å². The third kappa shape index (κ3) is 5.11. The lowest BCUT2D eigenvalue weighted by atomic mass is 9.99. The molecule has 2 aromatic carbocycles. The van der Waals surface area contributed by atoms with Crippen molar-refractivity contribution in [2.75, 3.05) is 13.2 Å². The number of amides is 1. The van der Waals surface area contributed by atoms with Crippen molar-refractivity contribution in [3.05, 3.63) is 88.4 Å². The second-order valence-corrected chi connectivity index (χ2v) is 7.74. The third-order valence-corrected chi connectivity index (χ3v) is 5.52. The van der Waals surface area contributed by atoms with Crippen LogP contribution in [0.3, 0.4) is 0 Å². The van der Waals surface area contributed by atoms with Crippen molar-refractivity contribution in [2.45, 2.75) is 32.2 Å². The smallest absolute Gasteiger partial charge is 0.273 e. The zero-order chi connectivity index (χ0) is 22.3. The van der Waals surface area contributed by atoms with Gasteiger partial charge in [-0.3, -0.25) is 9.59 Å². The minimum atomic E-state index is -0.329. The third-order valence-electron chi connectivity index (χ3n) is 5.52. The highest BCUT2D eigenvalue weighted by Crippen LogP contribution is 2.21. The number of rotatable bonds is 8. The molecule has 3 aromatic rings. The minimum absolute atomic E-state index is 0.0224. The average molecular weight is 431 g/mol. The van der Waals surface area contributed by atoms with E-state index in [1.54, 1.807) is 12.1 Å². The highest BCUT2D eigenvalue weighted by molar-refractivity contribution is 5.76. The number of benzene rings is 2. The number of aromatic nitrogens is 3. The van der Waals surface area contributed by atoms with E-state index >= 15 is 0 Å². The van der Waals surface area contributed by atoms with Crippen LogP contribution >= 0.6 is 0 Å². The van der Waals surface area contributed by atoms with Crippen LogP contribution < -0.4 is 10.3 Å². The molecule has 0 unspecified atom stereocenters. The van der Waals surface area contributed by atoms with Gasteiger partial charge < -0.3 is 14.6 Å². The molecule has 7 heteroatoms. The Balaban J connectivity index is 1.38. The van der Waals surface area contributed by atoms with Crippen LogP contribution in [-0.4, -0.2) is 39.1 Å². The van der Waals surface area contributed by atoms with Crippen LogP contribution in [0, 0.1) is 0 Å². The molecule has 0 bridgehead atoms. The Bertz CT molecular complexity index is 1170. The number of carbonyl (C=O) groups excluding carboxylic acids is 1. The van der Waals surface area contributed by atoms with Gasteiger partial charge in [0.05, 0.1) is 6.61 Å². The lowest BCUT2D eigenvalue weighted by Gasteiger charge is -2.28. The molecular weight excluding hydrogens is 404 g/mol. The molecule has 1 aromatic heterocycles. The molecule has 164 valence electrons. The van der Waals surface area contributed by atoms with E-state index in [1.807, 2.05) is 35.2 Å². The lowest BCUT2D eigenvalue weighted by Crippen LogP contribution is -2.36. The summed E-state index contributed by atoms with van der Waals surface area (Å²) in [5.74, 6) is 1.07. The number of nitrogens with zero attached hydrogens (tertiary/aromatic N) is 3. The maximum atomic E-state index is 12.7. The summed E-state index contributed by atoms with van der Waals surface area (Å²) in [4.78, 5) is 29.8. The molecule has 0 atom stereocenters. The number of hydrogen-bond donors (Lipinski definition) is 1. The molecule has 0 fully saturated rings. The molecule has 2 heterocycles. The number of aryl methyl sites for hydroxylation is 1.